The standard InChI is InChI=1S/C13H19F3N2O/c1-3-11(4-2)18(7-8-19)12-9-10(5-6-17-12)13(14,15)16/h5-6,9,11,19H,3-4,7-8H2,1-2H3. The topological polar surface area (TPSA) is 36.4 Å². The minimum absolute atomic E-state index is 0.0723. The van der Waals surface area contributed by atoms with Gasteiger partial charge in [0.25, 0.3) is 0 Å². The maximum atomic E-state index is 12.7. The molecule has 0 spiro atoms. The molecule has 0 fully saturated rings. The summed E-state index contributed by atoms with van der Waals surface area (Å²) in [6.45, 7) is 4.09. The molecular formula is C13H19F3N2O. The Kier molecular flexibility index (Phi) is 5.60. The highest BCUT2D eigenvalue weighted by Gasteiger charge is 2.31. The normalized spacial score (nSPS) is 11.9. The van der Waals surface area contributed by atoms with Crippen LogP contribution < -0.4 is 4.90 Å². The number of aromatic nitrogens is 1. The second-order valence-electron chi connectivity index (χ2n) is 4.29. The van der Waals surface area contributed by atoms with Crippen molar-refractivity contribution in [3.63, 3.8) is 0 Å². The van der Waals surface area contributed by atoms with Gasteiger partial charge in [0.05, 0.1) is 12.2 Å². The third-order valence-electron chi connectivity index (χ3n) is 3.09. The molecule has 0 unspecified atom stereocenters. The molecule has 3 nitrogen and oxygen atoms in total. The predicted octanol–water partition coefficient (Wildman–Crippen LogP) is 3.09. The quantitative estimate of drug-likeness (QED) is 0.867. The summed E-state index contributed by atoms with van der Waals surface area (Å²) >= 11 is 0. The van der Waals surface area contributed by atoms with Gasteiger partial charge in [-0.3, -0.25) is 0 Å². The summed E-state index contributed by atoms with van der Waals surface area (Å²) < 4.78 is 38.1. The summed E-state index contributed by atoms with van der Waals surface area (Å²) in [4.78, 5) is 5.73. The highest BCUT2D eigenvalue weighted by molar-refractivity contribution is 5.43. The van der Waals surface area contributed by atoms with Gasteiger partial charge < -0.3 is 10.0 Å². The first-order valence-electron chi connectivity index (χ1n) is 6.34. The maximum Gasteiger partial charge on any atom is 0.416 e. The van der Waals surface area contributed by atoms with Gasteiger partial charge in [0, 0.05) is 18.8 Å². The van der Waals surface area contributed by atoms with E-state index in [1.807, 2.05) is 13.8 Å². The lowest BCUT2D eigenvalue weighted by atomic mass is 10.1. The van der Waals surface area contributed by atoms with Crippen LogP contribution in [0, 0.1) is 0 Å². The molecule has 0 atom stereocenters. The number of anilines is 1. The summed E-state index contributed by atoms with van der Waals surface area (Å²) in [5.41, 5.74) is -0.716. The van der Waals surface area contributed by atoms with Crippen LogP contribution in [-0.4, -0.2) is 29.3 Å². The number of aliphatic hydroxyl groups is 1. The molecular weight excluding hydrogens is 257 g/mol. The fraction of sp³-hybridized carbons (Fsp3) is 0.615. The third-order valence-corrected chi connectivity index (χ3v) is 3.09. The van der Waals surface area contributed by atoms with Crippen molar-refractivity contribution in [3.8, 4) is 0 Å². The van der Waals surface area contributed by atoms with Gasteiger partial charge >= 0.3 is 6.18 Å². The molecule has 0 amide bonds. The van der Waals surface area contributed by atoms with Crippen LogP contribution in [0.15, 0.2) is 18.3 Å². The number of rotatable bonds is 6. The van der Waals surface area contributed by atoms with Crippen molar-refractivity contribution in [2.45, 2.75) is 38.9 Å². The lowest BCUT2D eigenvalue weighted by molar-refractivity contribution is -0.137. The zero-order chi connectivity index (χ0) is 14.5. The van der Waals surface area contributed by atoms with E-state index in [4.69, 9.17) is 5.11 Å². The van der Waals surface area contributed by atoms with Crippen LogP contribution in [0.1, 0.15) is 32.3 Å². The molecule has 0 saturated carbocycles. The molecule has 1 rings (SSSR count). The minimum Gasteiger partial charge on any atom is -0.395 e. The van der Waals surface area contributed by atoms with Gasteiger partial charge in [-0.15, -0.1) is 0 Å². The highest BCUT2D eigenvalue weighted by Crippen LogP contribution is 2.31. The monoisotopic (exact) mass is 276 g/mol. The number of alkyl halides is 3. The Hall–Kier alpha value is -1.30. The molecule has 1 N–H and O–H groups in total. The van der Waals surface area contributed by atoms with E-state index < -0.39 is 11.7 Å². The predicted molar refractivity (Wildman–Crippen MR) is 68.0 cm³/mol. The number of aliphatic hydroxyl groups excluding tert-OH is 1. The van der Waals surface area contributed by atoms with Crippen molar-refractivity contribution in [2.24, 2.45) is 0 Å². The van der Waals surface area contributed by atoms with E-state index in [0.717, 1.165) is 31.2 Å². The first-order chi connectivity index (χ1) is 8.93. The molecule has 0 saturated heterocycles. The van der Waals surface area contributed by atoms with Gasteiger partial charge in [0.2, 0.25) is 0 Å². The van der Waals surface area contributed by atoms with Crippen molar-refractivity contribution in [1.29, 1.82) is 0 Å². The van der Waals surface area contributed by atoms with Gasteiger partial charge in [-0.05, 0) is 25.0 Å². The van der Waals surface area contributed by atoms with Crippen LogP contribution >= 0.6 is 0 Å². The van der Waals surface area contributed by atoms with Crippen LogP contribution in [0.4, 0.5) is 19.0 Å². The molecule has 6 heteroatoms. The van der Waals surface area contributed by atoms with Crippen molar-refractivity contribution in [1.82, 2.24) is 4.98 Å². The van der Waals surface area contributed by atoms with Gasteiger partial charge in [-0.1, -0.05) is 13.8 Å². The van der Waals surface area contributed by atoms with Crippen LogP contribution in [-0.2, 0) is 6.18 Å². The highest BCUT2D eigenvalue weighted by atomic mass is 19.4. The number of pyridine rings is 1. The Morgan fingerprint density at radius 2 is 1.95 bits per heavy atom. The fourth-order valence-electron chi connectivity index (χ4n) is 2.07. The number of hydrogen-bond acceptors (Lipinski definition) is 3. The van der Waals surface area contributed by atoms with Crippen LogP contribution in [0.25, 0.3) is 0 Å². The molecule has 0 aromatic carbocycles. The second-order valence-corrected chi connectivity index (χ2v) is 4.29. The Balaban J connectivity index is 3.09. The zero-order valence-electron chi connectivity index (χ0n) is 11.1. The Morgan fingerprint density at radius 3 is 2.42 bits per heavy atom. The maximum absolute atomic E-state index is 12.7. The van der Waals surface area contributed by atoms with Gasteiger partial charge in [-0.2, -0.15) is 13.2 Å². The van der Waals surface area contributed by atoms with Gasteiger partial charge in [-0.25, -0.2) is 4.98 Å². The van der Waals surface area contributed by atoms with E-state index in [1.165, 1.54) is 0 Å². The Bertz CT molecular complexity index is 392. The molecule has 1 aromatic heterocycles. The number of nitrogens with zero attached hydrogens (tertiary/aromatic N) is 2. The summed E-state index contributed by atoms with van der Waals surface area (Å²) in [5, 5.41) is 9.08. The summed E-state index contributed by atoms with van der Waals surface area (Å²) in [7, 11) is 0. The molecule has 108 valence electrons. The van der Waals surface area contributed by atoms with Crippen molar-refractivity contribution >= 4 is 5.82 Å². The van der Waals surface area contributed by atoms with Crippen molar-refractivity contribution < 1.29 is 18.3 Å². The van der Waals surface area contributed by atoms with Crippen molar-refractivity contribution in [2.75, 3.05) is 18.1 Å². The molecule has 0 aliphatic heterocycles. The number of halogens is 3. The van der Waals surface area contributed by atoms with Crippen molar-refractivity contribution in [3.05, 3.63) is 23.9 Å². The first kappa shape index (κ1) is 15.8. The largest absolute Gasteiger partial charge is 0.416 e. The lowest BCUT2D eigenvalue weighted by Crippen LogP contribution is -2.37. The van der Waals surface area contributed by atoms with E-state index in [-0.39, 0.29) is 25.0 Å². The fourth-order valence-corrected chi connectivity index (χ4v) is 2.07. The zero-order valence-corrected chi connectivity index (χ0v) is 11.1. The average Bonchev–Trinajstić information content (AvgIpc) is 2.38. The van der Waals surface area contributed by atoms with E-state index in [1.54, 1.807) is 4.90 Å². The van der Waals surface area contributed by atoms with E-state index in [0.29, 0.717) is 0 Å². The van der Waals surface area contributed by atoms with Crippen LogP contribution in [0.2, 0.25) is 0 Å². The van der Waals surface area contributed by atoms with E-state index >= 15 is 0 Å². The second kappa shape index (κ2) is 6.75. The molecule has 0 radical (unpaired) electrons. The van der Waals surface area contributed by atoms with E-state index in [2.05, 4.69) is 4.98 Å². The van der Waals surface area contributed by atoms with Crippen LogP contribution in [0.5, 0.6) is 0 Å². The molecule has 19 heavy (non-hydrogen) atoms. The number of hydrogen-bond donors (Lipinski definition) is 1. The smallest absolute Gasteiger partial charge is 0.395 e. The third kappa shape index (κ3) is 4.09. The summed E-state index contributed by atoms with van der Waals surface area (Å²) in [6, 6.07) is 2.06. The summed E-state index contributed by atoms with van der Waals surface area (Å²) in [5.74, 6) is 0.262. The van der Waals surface area contributed by atoms with Gasteiger partial charge in [0.1, 0.15) is 5.82 Å². The summed E-state index contributed by atoms with van der Waals surface area (Å²) in [6.07, 6.45) is -1.65. The molecule has 0 aliphatic rings. The molecule has 0 aliphatic carbocycles. The molecule has 0 bridgehead atoms. The van der Waals surface area contributed by atoms with Gasteiger partial charge in [0.15, 0.2) is 0 Å². The molecule has 1 aromatic rings. The first-order valence-corrected chi connectivity index (χ1v) is 6.34. The van der Waals surface area contributed by atoms with E-state index in [9.17, 15) is 13.2 Å². The van der Waals surface area contributed by atoms with Crippen LogP contribution in [0.3, 0.4) is 0 Å². The minimum atomic E-state index is -4.38. The molecule has 1 heterocycles. The Morgan fingerprint density at radius 1 is 1.32 bits per heavy atom. The lowest BCUT2D eigenvalue weighted by Gasteiger charge is -2.31. The Labute approximate surface area is 111 Å². The SMILES string of the molecule is CCC(CC)N(CCO)c1cc(C(F)(F)F)ccn1. The average molecular weight is 276 g/mol.